The zero-order valence-corrected chi connectivity index (χ0v) is 11.7. The van der Waals surface area contributed by atoms with Crippen LogP contribution in [0, 0.1) is 11.6 Å². The second-order valence-electron chi connectivity index (χ2n) is 4.70. The van der Waals surface area contributed by atoms with Crippen molar-refractivity contribution in [2.75, 3.05) is 26.7 Å². The first-order chi connectivity index (χ1) is 9.45. The molecule has 6 heteroatoms. The van der Waals surface area contributed by atoms with E-state index in [1.54, 1.807) is 7.05 Å². The highest BCUT2D eigenvalue weighted by molar-refractivity contribution is 5.22. The normalized spacial score (nSPS) is 13.2. The number of rotatable bonds is 8. The van der Waals surface area contributed by atoms with E-state index in [-0.39, 0.29) is 12.1 Å². The van der Waals surface area contributed by atoms with Crippen molar-refractivity contribution in [3.8, 4) is 0 Å². The standard InChI is InChI=1S/C14H20F4N2/c1-3-19-12(7-8-20(2)9-13(16)17)10-5-4-6-11(15)14(10)18/h4-6,12-13,19H,3,7-9H2,1-2H3. The number of alkyl halides is 2. The van der Waals surface area contributed by atoms with Crippen molar-refractivity contribution in [2.45, 2.75) is 25.8 Å². The highest BCUT2D eigenvalue weighted by Gasteiger charge is 2.18. The highest BCUT2D eigenvalue weighted by Crippen LogP contribution is 2.22. The molecule has 1 atom stereocenters. The first-order valence-corrected chi connectivity index (χ1v) is 6.59. The SMILES string of the molecule is CCNC(CCN(C)CC(F)F)c1cccc(F)c1F. The molecule has 20 heavy (non-hydrogen) atoms. The molecule has 1 aromatic rings. The first-order valence-electron chi connectivity index (χ1n) is 6.59. The third kappa shape index (κ3) is 5.09. The average Bonchev–Trinajstić information content (AvgIpc) is 2.37. The fraction of sp³-hybridized carbons (Fsp3) is 0.571. The average molecular weight is 292 g/mol. The highest BCUT2D eigenvalue weighted by atomic mass is 19.3. The van der Waals surface area contributed by atoms with Gasteiger partial charge in [-0.15, -0.1) is 0 Å². The van der Waals surface area contributed by atoms with Crippen molar-refractivity contribution in [3.05, 3.63) is 35.4 Å². The monoisotopic (exact) mass is 292 g/mol. The maximum Gasteiger partial charge on any atom is 0.251 e. The molecule has 1 N–H and O–H groups in total. The van der Waals surface area contributed by atoms with Gasteiger partial charge in [0.25, 0.3) is 6.43 Å². The Hall–Kier alpha value is -1.14. The molecule has 0 fully saturated rings. The van der Waals surface area contributed by atoms with Gasteiger partial charge in [0.15, 0.2) is 11.6 Å². The largest absolute Gasteiger partial charge is 0.310 e. The summed E-state index contributed by atoms with van der Waals surface area (Å²) in [7, 11) is 1.58. The van der Waals surface area contributed by atoms with Gasteiger partial charge in [-0.25, -0.2) is 17.6 Å². The molecular formula is C14H20F4N2. The molecule has 1 rings (SSSR count). The van der Waals surface area contributed by atoms with Gasteiger partial charge in [0, 0.05) is 11.6 Å². The molecule has 0 aliphatic carbocycles. The molecule has 0 aliphatic rings. The molecule has 0 amide bonds. The number of benzene rings is 1. The quantitative estimate of drug-likeness (QED) is 0.740. The lowest BCUT2D eigenvalue weighted by Crippen LogP contribution is -2.30. The van der Waals surface area contributed by atoms with Gasteiger partial charge >= 0.3 is 0 Å². The van der Waals surface area contributed by atoms with Gasteiger partial charge in [-0.2, -0.15) is 0 Å². The van der Waals surface area contributed by atoms with Crippen molar-refractivity contribution >= 4 is 0 Å². The smallest absolute Gasteiger partial charge is 0.251 e. The van der Waals surface area contributed by atoms with Gasteiger partial charge in [0.2, 0.25) is 0 Å². The Balaban J connectivity index is 2.71. The summed E-state index contributed by atoms with van der Waals surface area (Å²) in [5, 5.41) is 3.05. The van der Waals surface area contributed by atoms with Crippen LogP contribution in [0.5, 0.6) is 0 Å². The number of nitrogens with one attached hydrogen (secondary N) is 1. The van der Waals surface area contributed by atoms with E-state index < -0.39 is 24.1 Å². The molecule has 0 saturated carbocycles. The maximum absolute atomic E-state index is 13.8. The van der Waals surface area contributed by atoms with Crippen LogP contribution >= 0.6 is 0 Å². The number of hydrogen-bond acceptors (Lipinski definition) is 2. The van der Waals surface area contributed by atoms with E-state index in [2.05, 4.69) is 5.32 Å². The van der Waals surface area contributed by atoms with E-state index >= 15 is 0 Å². The van der Waals surface area contributed by atoms with E-state index in [1.165, 1.54) is 17.0 Å². The fourth-order valence-electron chi connectivity index (χ4n) is 2.08. The Morgan fingerprint density at radius 1 is 1.25 bits per heavy atom. The van der Waals surface area contributed by atoms with Gasteiger partial charge in [-0.1, -0.05) is 19.1 Å². The van der Waals surface area contributed by atoms with Crippen molar-refractivity contribution in [1.82, 2.24) is 10.2 Å². The molecule has 0 bridgehead atoms. The molecule has 1 unspecified atom stereocenters. The predicted molar refractivity (Wildman–Crippen MR) is 70.9 cm³/mol. The first kappa shape index (κ1) is 16.9. The lowest BCUT2D eigenvalue weighted by Gasteiger charge is -2.23. The Kier molecular flexibility index (Phi) is 6.95. The number of hydrogen-bond donors (Lipinski definition) is 1. The van der Waals surface area contributed by atoms with Crippen LogP contribution in [0.15, 0.2) is 18.2 Å². The van der Waals surface area contributed by atoms with Gasteiger partial charge < -0.3 is 10.2 Å². The Morgan fingerprint density at radius 2 is 1.95 bits per heavy atom. The van der Waals surface area contributed by atoms with Crippen LogP contribution in [0.25, 0.3) is 0 Å². The second kappa shape index (κ2) is 8.21. The van der Waals surface area contributed by atoms with E-state index in [0.29, 0.717) is 19.5 Å². The summed E-state index contributed by atoms with van der Waals surface area (Å²) in [5.74, 6) is -1.78. The molecule has 0 spiro atoms. The minimum absolute atomic E-state index is 0.234. The molecule has 2 nitrogen and oxygen atoms in total. The Labute approximate surface area is 116 Å². The summed E-state index contributed by atoms with van der Waals surface area (Å²) in [6.45, 7) is 2.48. The molecule has 114 valence electrons. The number of halogens is 4. The summed E-state index contributed by atoms with van der Waals surface area (Å²) in [6, 6.07) is 3.63. The molecule has 0 saturated heterocycles. The van der Waals surface area contributed by atoms with Crippen LogP contribution < -0.4 is 5.32 Å². The van der Waals surface area contributed by atoms with Crippen molar-refractivity contribution < 1.29 is 17.6 Å². The lowest BCUT2D eigenvalue weighted by atomic mass is 10.0. The van der Waals surface area contributed by atoms with Gasteiger partial charge in [-0.3, -0.25) is 0 Å². The van der Waals surface area contributed by atoms with Gasteiger partial charge in [0.05, 0.1) is 6.54 Å². The van der Waals surface area contributed by atoms with E-state index in [0.717, 1.165) is 6.07 Å². The summed E-state index contributed by atoms with van der Waals surface area (Å²) >= 11 is 0. The minimum atomic E-state index is -2.40. The zero-order chi connectivity index (χ0) is 15.1. The Morgan fingerprint density at radius 3 is 2.55 bits per heavy atom. The van der Waals surface area contributed by atoms with Crippen molar-refractivity contribution in [3.63, 3.8) is 0 Å². The van der Waals surface area contributed by atoms with Crippen LogP contribution in [-0.4, -0.2) is 38.0 Å². The van der Waals surface area contributed by atoms with Crippen LogP contribution in [0.1, 0.15) is 24.9 Å². The summed E-state index contributed by atoms with van der Waals surface area (Å²) in [4.78, 5) is 1.48. The molecule has 0 aliphatic heterocycles. The Bertz CT molecular complexity index is 412. The molecule has 1 aromatic carbocycles. The van der Waals surface area contributed by atoms with Crippen LogP contribution in [-0.2, 0) is 0 Å². The van der Waals surface area contributed by atoms with E-state index in [1.807, 2.05) is 6.92 Å². The fourth-order valence-corrected chi connectivity index (χ4v) is 2.08. The molecule has 0 heterocycles. The zero-order valence-electron chi connectivity index (χ0n) is 11.7. The lowest BCUT2D eigenvalue weighted by molar-refractivity contribution is 0.0984. The summed E-state index contributed by atoms with van der Waals surface area (Å²) < 4.78 is 51.5. The second-order valence-corrected chi connectivity index (χ2v) is 4.70. The van der Waals surface area contributed by atoms with E-state index in [4.69, 9.17) is 0 Å². The summed E-state index contributed by atoms with van der Waals surface area (Å²) in [5.41, 5.74) is 0.234. The third-order valence-corrected chi connectivity index (χ3v) is 3.06. The van der Waals surface area contributed by atoms with E-state index in [9.17, 15) is 17.6 Å². The summed E-state index contributed by atoms with van der Waals surface area (Å²) in [6.07, 6.45) is -1.97. The predicted octanol–water partition coefficient (Wildman–Crippen LogP) is 3.20. The van der Waals surface area contributed by atoms with Crippen LogP contribution in [0.3, 0.4) is 0 Å². The minimum Gasteiger partial charge on any atom is -0.310 e. The third-order valence-electron chi connectivity index (χ3n) is 3.06. The topological polar surface area (TPSA) is 15.3 Å². The van der Waals surface area contributed by atoms with Crippen LogP contribution in [0.2, 0.25) is 0 Å². The maximum atomic E-state index is 13.8. The number of nitrogens with zero attached hydrogens (tertiary/aromatic N) is 1. The van der Waals surface area contributed by atoms with Crippen molar-refractivity contribution in [2.24, 2.45) is 0 Å². The van der Waals surface area contributed by atoms with Gasteiger partial charge in [0.1, 0.15) is 0 Å². The molecule has 0 aromatic heterocycles. The van der Waals surface area contributed by atoms with Crippen molar-refractivity contribution in [1.29, 1.82) is 0 Å². The van der Waals surface area contributed by atoms with Gasteiger partial charge in [-0.05, 0) is 32.6 Å². The molecular weight excluding hydrogens is 272 g/mol. The molecule has 0 radical (unpaired) electrons. The van der Waals surface area contributed by atoms with Crippen LogP contribution in [0.4, 0.5) is 17.6 Å².